The minimum atomic E-state index is 0.375. The second kappa shape index (κ2) is 7.81. The Hall–Kier alpha value is -1.06. The van der Waals surface area contributed by atoms with Crippen molar-refractivity contribution in [3.63, 3.8) is 0 Å². The van der Waals surface area contributed by atoms with Crippen molar-refractivity contribution >= 4 is 0 Å². The highest BCUT2D eigenvalue weighted by atomic mass is 16.5. The molecule has 3 heteroatoms. The van der Waals surface area contributed by atoms with Crippen LogP contribution in [0.1, 0.15) is 57.2 Å². The van der Waals surface area contributed by atoms with E-state index in [1.54, 1.807) is 0 Å². The maximum absolute atomic E-state index is 5.84. The van der Waals surface area contributed by atoms with E-state index in [4.69, 9.17) is 4.74 Å². The first-order chi connectivity index (χ1) is 10.2. The Kier molecular flexibility index (Phi) is 6.07. The molecule has 1 saturated heterocycles. The van der Waals surface area contributed by atoms with Crippen LogP contribution in [0.5, 0.6) is 5.75 Å². The molecule has 0 bridgehead atoms. The molecule has 0 spiro atoms. The topological polar surface area (TPSA) is 24.5 Å². The van der Waals surface area contributed by atoms with Gasteiger partial charge in [-0.2, -0.15) is 0 Å². The summed E-state index contributed by atoms with van der Waals surface area (Å²) in [6.07, 6.45) is 3.92. The van der Waals surface area contributed by atoms with E-state index in [2.05, 4.69) is 49.2 Å². The number of ether oxygens (including phenoxy) is 1. The van der Waals surface area contributed by atoms with Crippen LogP contribution in [0.2, 0.25) is 0 Å². The molecule has 0 aliphatic carbocycles. The normalized spacial score (nSPS) is 20.7. The van der Waals surface area contributed by atoms with Crippen LogP contribution >= 0.6 is 0 Å². The standard InChI is InChI=1S/C18H30N2O/c1-5-17-8-7-11-20(17)13-16-12-15(14(3)19-4)9-10-18(16)21-6-2/h9-10,12,14,17,19H,5-8,11,13H2,1-4H3. The van der Waals surface area contributed by atoms with Gasteiger partial charge in [0, 0.05) is 24.2 Å². The molecule has 0 saturated carbocycles. The summed E-state index contributed by atoms with van der Waals surface area (Å²) in [6.45, 7) is 9.51. The largest absolute Gasteiger partial charge is 0.494 e. The maximum Gasteiger partial charge on any atom is 0.123 e. The monoisotopic (exact) mass is 290 g/mol. The van der Waals surface area contributed by atoms with E-state index in [0.29, 0.717) is 6.04 Å². The number of benzene rings is 1. The third-order valence-corrected chi connectivity index (χ3v) is 4.66. The van der Waals surface area contributed by atoms with Crippen LogP contribution in [0.25, 0.3) is 0 Å². The Morgan fingerprint density at radius 1 is 1.38 bits per heavy atom. The summed E-state index contributed by atoms with van der Waals surface area (Å²) >= 11 is 0. The molecule has 1 N–H and O–H groups in total. The molecule has 1 aromatic carbocycles. The SMILES string of the molecule is CCOc1ccc(C(C)NC)cc1CN1CCCC1CC. The summed E-state index contributed by atoms with van der Waals surface area (Å²) in [7, 11) is 2.01. The van der Waals surface area contributed by atoms with Crippen molar-refractivity contribution in [2.75, 3.05) is 20.2 Å². The van der Waals surface area contributed by atoms with E-state index in [-0.39, 0.29) is 0 Å². The molecule has 1 aliphatic heterocycles. The summed E-state index contributed by atoms with van der Waals surface area (Å²) in [6, 6.07) is 7.75. The van der Waals surface area contributed by atoms with Crippen molar-refractivity contribution in [3.8, 4) is 5.75 Å². The molecule has 118 valence electrons. The van der Waals surface area contributed by atoms with Crippen molar-refractivity contribution in [2.24, 2.45) is 0 Å². The molecule has 2 atom stereocenters. The zero-order chi connectivity index (χ0) is 15.2. The molecule has 2 unspecified atom stereocenters. The lowest BCUT2D eigenvalue weighted by Gasteiger charge is -2.25. The highest BCUT2D eigenvalue weighted by molar-refractivity contribution is 5.38. The number of rotatable bonds is 7. The van der Waals surface area contributed by atoms with E-state index in [1.165, 1.54) is 36.9 Å². The van der Waals surface area contributed by atoms with E-state index < -0.39 is 0 Å². The zero-order valence-electron chi connectivity index (χ0n) is 14.0. The molecule has 1 aromatic rings. The Morgan fingerprint density at radius 2 is 2.19 bits per heavy atom. The van der Waals surface area contributed by atoms with Gasteiger partial charge in [-0.15, -0.1) is 0 Å². The molecule has 2 rings (SSSR count). The van der Waals surface area contributed by atoms with E-state index >= 15 is 0 Å². The minimum Gasteiger partial charge on any atom is -0.494 e. The van der Waals surface area contributed by atoms with Gasteiger partial charge in [-0.3, -0.25) is 4.90 Å². The molecule has 3 nitrogen and oxygen atoms in total. The average molecular weight is 290 g/mol. The lowest BCUT2D eigenvalue weighted by molar-refractivity contribution is 0.234. The average Bonchev–Trinajstić information content (AvgIpc) is 2.95. The highest BCUT2D eigenvalue weighted by Gasteiger charge is 2.24. The fourth-order valence-electron chi connectivity index (χ4n) is 3.24. The third kappa shape index (κ3) is 3.98. The van der Waals surface area contributed by atoms with Gasteiger partial charge in [0.2, 0.25) is 0 Å². The molecule has 0 aromatic heterocycles. The van der Waals surface area contributed by atoms with Crippen LogP contribution in [0.4, 0.5) is 0 Å². The predicted octanol–water partition coefficient (Wildman–Crippen LogP) is 3.74. The Morgan fingerprint density at radius 3 is 2.86 bits per heavy atom. The van der Waals surface area contributed by atoms with Gasteiger partial charge in [0.25, 0.3) is 0 Å². The maximum atomic E-state index is 5.84. The van der Waals surface area contributed by atoms with Crippen molar-refractivity contribution in [2.45, 2.75) is 58.7 Å². The highest BCUT2D eigenvalue weighted by Crippen LogP contribution is 2.28. The number of nitrogens with one attached hydrogen (secondary N) is 1. The van der Waals surface area contributed by atoms with Crippen LogP contribution in [0, 0.1) is 0 Å². The first-order valence-electron chi connectivity index (χ1n) is 8.36. The molecule has 0 amide bonds. The zero-order valence-corrected chi connectivity index (χ0v) is 14.0. The molecule has 1 aliphatic rings. The summed E-state index contributed by atoms with van der Waals surface area (Å²) in [5.41, 5.74) is 2.67. The van der Waals surface area contributed by atoms with Crippen LogP contribution in [0.3, 0.4) is 0 Å². The van der Waals surface area contributed by atoms with Gasteiger partial charge in [-0.25, -0.2) is 0 Å². The van der Waals surface area contributed by atoms with Gasteiger partial charge < -0.3 is 10.1 Å². The number of hydrogen-bond donors (Lipinski definition) is 1. The second-order valence-corrected chi connectivity index (χ2v) is 5.99. The van der Waals surface area contributed by atoms with Crippen molar-refractivity contribution < 1.29 is 4.74 Å². The summed E-state index contributed by atoms with van der Waals surface area (Å²) in [5, 5.41) is 3.32. The molecule has 0 radical (unpaired) electrons. The number of likely N-dealkylation sites (tertiary alicyclic amines) is 1. The van der Waals surface area contributed by atoms with Crippen LogP contribution in [-0.4, -0.2) is 31.1 Å². The quantitative estimate of drug-likeness (QED) is 0.828. The Labute approximate surface area is 129 Å². The van der Waals surface area contributed by atoms with Crippen molar-refractivity contribution in [1.82, 2.24) is 10.2 Å². The van der Waals surface area contributed by atoms with Crippen LogP contribution in [-0.2, 0) is 6.54 Å². The first-order valence-corrected chi connectivity index (χ1v) is 8.36. The predicted molar refractivity (Wildman–Crippen MR) is 88.8 cm³/mol. The first kappa shape index (κ1) is 16.3. The van der Waals surface area contributed by atoms with E-state index in [0.717, 1.165) is 24.9 Å². The number of nitrogens with zero attached hydrogens (tertiary/aromatic N) is 1. The van der Waals surface area contributed by atoms with Crippen LogP contribution < -0.4 is 10.1 Å². The summed E-state index contributed by atoms with van der Waals surface area (Å²) in [5.74, 6) is 1.05. The van der Waals surface area contributed by atoms with Gasteiger partial charge in [0.1, 0.15) is 5.75 Å². The van der Waals surface area contributed by atoms with Gasteiger partial charge in [0.15, 0.2) is 0 Å². The van der Waals surface area contributed by atoms with E-state index in [9.17, 15) is 0 Å². The Balaban J connectivity index is 2.21. The van der Waals surface area contributed by atoms with Gasteiger partial charge in [-0.05, 0) is 64.4 Å². The van der Waals surface area contributed by atoms with Crippen LogP contribution in [0.15, 0.2) is 18.2 Å². The fourth-order valence-corrected chi connectivity index (χ4v) is 3.24. The van der Waals surface area contributed by atoms with E-state index in [1.807, 2.05) is 7.05 Å². The Bertz CT molecular complexity index is 447. The summed E-state index contributed by atoms with van der Waals surface area (Å²) < 4.78 is 5.84. The molecule has 1 fully saturated rings. The minimum absolute atomic E-state index is 0.375. The fraction of sp³-hybridized carbons (Fsp3) is 0.667. The second-order valence-electron chi connectivity index (χ2n) is 5.99. The summed E-state index contributed by atoms with van der Waals surface area (Å²) in [4.78, 5) is 2.62. The number of hydrogen-bond acceptors (Lipinski definition) is 3. The van der Waals surface area contributed by atoms with Crippen molar-refractivity contribution in [3.05, 3.63) is 29.3 Å². The molecular weight excluding hydrogens is 260 g/mol. The molecule has 21 heavy (non-hydrogen) atoms. The lowest BCUT2D eigenvalue weighted by Crippen LogP contribution is -2.28. The lowest BCUT2D eigenvalue weighted by atomic mass is 10.0. The third-order valence-electron chi connectivity index (χ3n) is 4.66. The molecule has 1 heterocycles. The van der Waals surface area contributed by atoms with Gasteiger partial charge in [-0.1, -0.05) is 13.0 Å². The smallest absolute Gasteiger partial charge is 0.123 e. The van der Waals surface area contributed by atoms with Crippen molar-refractivity contribution in [1.29, 1.82) is 0 Å². The van der Waals surface area contributed by atoms with Gasteiger partial charge in [0.05, 0.1) is 6.61 Å². The molecular formula is C18H30N2O. The van der Waals surface area contributed by atoms with Gasteiger partial charge >= 0.3 is 0 Å².